The highest BCUT2D eigenvalue weighted by atomic mass is 16.5. The van der Waals surface area contributed by atoms with E-state index in [4.69, 9.17) is 10.5 Å². The van der Waals surface area contributed by atoms with Crippen molar-refractivity contribution in [1.82, 2.24) is 10.2 Å². The molecular weight excluding hydrogens is 182 g/mol. The molecule has 1 amide bonds. The third-order valence-electron chi connectivity index (χ3n) is 2.25. The first-order chi connectivity index (χ1) is 6.79. The summed E-state index contributed by atoms with van der Waals surface area (Å²) >= 11 is 0. The number of ether oxygens (including phenoxy) is 1. The first-order valence-corrected chi connectivity index (χ1v) is 5.08. The Morgan fingerprint density at radius 2 is 2.07 bits per heavy atom. The quantitative estimate of drug-likeness (QED) is 0.529. The van der Waals surface area contributed by atoms with E-state index in [-0.39, 0.29) is 5.91 Å². The van der Waals surface area contributed by atoms with E-state index in [0.29, 0.717) is 19.6 Å². The van der Waals surface area contributed by atoms with Crippen molar-refractivity contribution in [1.29, 1.82) is 0 Å². The van der Waals surface area contributed by atoms with Gasteiger partial charge in [-0.15, -0.1) is 0 Å². The van der Waals surface area contributed by atoms with E-state index in [0.717, 1.165) is 32.7 Å². The van der Waals surface area contributed by atoms with Crippen LogP contribution in [0.2, 0.25) is 0 Å². The number of nitrogens with zero attached hydrogens (tertiary/aromatic N) is 1. The Kier molecular flexibility index (Phi) is 5.51. The number of rotatable bonds is 6. The lowest BCUT2D eigenvalue weighted by atomic mass is 10.3. The number of hydrogen-bond donors (Lipinski definition) is 2. The van der Waals surface area contributed by atoms with Crippen molar-refractivity contribution in [3.05, 3.63) is 0 Å². The lowest BCUT2D eigenvalue weighted by molar-refractivity contribution is -0.119. The molecule has 0 aromatic carbocycles. The van der Waals surface area contributed by atoms with Crippen molar-refractivity contribution in [2.24, 2.45) is 5.73 Å². The minimum Gasteiger partial charge on any atom is -0.380 e. The van der Waals surface area contributed by atoms with Crippen LogP contribution in [0.5, 0.6) is 0 Å². The summed E-state index contributed by atoms with van der Waals surface area (Å²) in [7, 11) is 0. The molecule has 82 valence electrons. The molecule has 0 aromatic heterocycles. The summed E-state index contributed by atoms with van der Waals surface area (Å²) in [6.07, 6.45) is 0.321. The van der Waals surface area contributed by atoms with Crippen molar-refractivity contribution in [2.45, 2.75) is 6.42 Å². The van der Waals surface area contributed by atoms with Gasteiger partial charge in [0.2, 0.25) is 5.91 Å². The highest BCUT2D eigenvalue weighted by molar-refractivity contribution is 5.73. The summed E-state index contributed by atoms with van der Waals surface area (Å²) in [4.78, 5) is 12.7. The second-order valence-corrected chi connectivity index (χ2v) is 3.42. The molecule has 0 unspecified atom stereocenters. The number of hydrogen-bond acceptors (Lipinski definition) is 4. The second-order valence-electron chi connectivity index (χ2n) is 3.42. The van der Waals surface area contributed by atoms with Crippen LogP contribution in [0.1, 0.15) is 6.42 Å². The van der Waals surface area contributed by atoms with Crippen LogP contribution in [0.25, 0.3) is 0 Å². The third kappa shape index (κ3) is 5.16. The number of carbonyl (C=O) groups excluding carboxylic acids is 1. The van der Waals surface area contributed by atoms with Crippen LogP contribution in [-0.2, 0) is 9.53 Å². The zero-order valence-corrected chi connectivity index (χ0v) is 8.50. The zero-order valence-electron chi connectivity index (χ0n) is 8.50. The van der Waals surface area contributed by atoms with Crippen molar-refractivity contribution >= 4 is 5.91 Å². The Morgan fingerprint density at radius 1 is 1.36 bits per heavy atom. The van der Waals surface area contributed by atoms with E-state index in [1.807, 2.05) is 0 Å². The van der Waals surface area contributed by atoms with E-state index in [1.165, 1.54) is 0 Å². The van der Waals surface area contributed by atoms with Crippen LogP contribution in [-0.4, -0.2) is 56.7 Å². The van der Waals surface area contributed by atoms with Gasteiger partial charge in [0.05, 0.1) is 13.2 Å². The molecule has 5 nitrogen and oxygen atoms in total. The molecule has 0 spiro atoms. The molecular formula is C9H19N3O2. The van der Waals surface area contributed by atoms with Crippen LogP contribution in [0.4, 0.5) is 0 Å². The zero-order chi connectivity index (χ0) is 10.2. The number of nitrogens with one attached hydrogen (secondary N) is 1. The van der Waals surface area contributed by atoms with E-state index in [1.54, 1.807) is 0 Å². The van der Waals surface area contributed by atoms with Gasteiger partial charge in [0, 0.05) is 39.1 Å². The van der Waals surface area contributed by atoms with Gasteiger partial charge < -0.3 is 15.8 Å². The molecule has 0 bridgehead atoms. The molecule has 1 aliphatic rings. The van der Waals surface area contributed by atoms with Gasteiger partial charge in [-0.1, -0.05) is 0 Å². The van der Waals surface area contributed by atoms with Crippen molar-refractivity contribution in [3.63, 3.8) is 0 Å². The minimum absolute atomic E-state index is 0.299. The predicted molar refractivity (Wildman–Crippen MR) is 53.9 cm³/mol. The van der Waals surface area contributed by atoms with Crippen LogP contribution >= 0.6 is 0 Å². The summed E-state index contributed by atoms with van der Waals surface area (Å²) in [5.74, 6) is -0.299. The second kappa shape index (κ2) is 6.75. The number of primary amides is 1. The Hall–Kier alpha value is -0.650. The maximum Gasteiger partial charge on any atom is 0.219 e. The Morgan fingerprint density at radius 3 is 2.71 bits per heavy atom. The van der Waals surface area contributed by atoms with Gasteiger partial charge in [-0.25, -0.2) is 0 Å². The molecule has 1 saturated heterocycles. The maximum absolute atomic E-state index is 10.4. The van der Waals surface area contributed by atoms with Gasteiger partial charge in [0.15, 0.2) is 0 Å². The fourth-order valence-electron chi connectivity index (χ4n) is 1.40. The minimum atomic E-state index is -0.299. The molecule has 0 aromatic rings. The highest BCUT2D eigenvalue weighted by Gasteiger charge is 2.08. The molecule has 14 heavy (non-hydrogen) atoms. The van der Waals surface area contributed by atoms with Gasteiger partial charge in [-0.2, -0.15) is 0 Å². The van der Waals surface area contributed by atoms with Crippen LogP contribution in [0.3, 0.4) is 0 Å². The van der Waals surface area contributed by atoms with Crippen LogP contribution < -0.4 is 11.1 Å². The largest absolute Gasteiger partial charge is 0.380 e. The van der Waals surface area contributed by atoms with E-state index >= 15 is 0 Å². The van der Waals surface area contributed by atoms with Crippen molar-refractivity contribution in [2.75, 3.05) is 45.9 Å². The maximum atomic E-state index is 10.4. The number of amides is 1. The van der Waals surface area contributed by atoms with Gasteiger partial charge in [0.1, 0.15) is 0 Å². The molecule has 0 saturated carbocycles. The molecule has 1 fully saturated rings. The Bertz CT molecular complexity index is 169. The lowest BCUT2D eigenvalue weighted by Crippen LogP contribution is -2.44. The molecule has 0 atom stereocenters. The fourth-order valence-corrected chi connectivity index (χ4v) is 1.40. The lowest BCUT2D eigenvalue weighted by Gasteiger charge is -2.26. The standard InChI is InChI=1S/C9H19N3O2/c10-9(13)1-7-14-8-6-12-4-2-11-3-5-12/h11H,1-8H2,(H2,10,13). The van der Waals surface area contributed by atoms with Gasteiger partial charge in [-0.3, -0.25) is 9.69 Å². The van der Waals surface area contributed by atoms with Crippen LogP contribution in [0.15, 0.2) is 0 Å². The summed E-state index contributed by atoms with van der Waals surface area (Å²) < 4.78 is 5.28. The Balaban J connectivity index is 1.90. The topological polar surface area (TPSA) is 67.6 Å². The van der Waals surface area contributed by atoms with E-state index in [9.17, 15) is 4.79 Å². The first-order valence-electron chi connectivity index (χ1n) is 5.08. The highest BCUT2D eigenvalue weighted by Crippen LogP contribution is 1.91. The normalized spacial score (nSPS) is 18.3. The molecule has 5 heteroatoms. The molecule has 1 rings (SSSR count). The van der Waals surface area contributed by atoms with Crippen molar-refractivity contribution < 1.29 is 9.53 Å². The summed E-state index contributed by atoms with van der Waals surface area (Å²) in [5, 5.41) is 3.29. The average molecular weight is 201 g/mol. The van der Waals surface area contributed by atoms with Crippen LogP contribution in [0, 0.1) is 0 Å². The summed E-state index contributed by atoms with van der Waals surface area (Å²) in [5.41, 5.74) is 4.98. The smallest absolute Gasteiger partial charge is 0.219 e. The molecule has 0 aliphatic carbocycles. The average Bonchev–Trinajstić information content (AvgIpc) is 2.18. The summed E-state index contributed by atoms with van der Waals surface area (Å²) in [6.45, 7) is 6.36. The Labute approximate surface area is 84.6 Å². The van der Waals surface area contributed by atoms with E-state index < -0.39 is 0 Å². The van der Waals surface area contributed by atoms with Gasteiger partial charge in [-0.05, 0) is 0 Å². The number of nitrogens with two attached hydrogens (primary N) is 1. The van der Waals surface area contributed by atoms with Gasteiger partial charge >= 0.3 is 0 Å². The number of carbonyl (C=O) groups is 1. The van der Waals surface area contributed by atoms with Gasteiger partial charge in [0.25, 0.3) is 0 Å². The predicted octanol–water partition coefficient (Wildman–Crippen LogP) is -1.22. The van der Waals surface area contributed by atoms with Crippen molar-refractivity contribution in [3.8, 4) is 0 Å². The third-order valence-corrected chi connectivity index (χ3v) is 2.25. The molecule has 1 aliphatic heterocycles. The SMILES string of the molecule is NC(=O)CCOCCN1CCNCC1. The molecule has 1 heterocycles. The summed E-state index contributed by atoms with van der Waals surface area (Å²) in [6, 6.07) is 0. The monoisotopic (exact) mass is 201 g/mol. The fraction of sp³-hybridized carbons (Fsp3) is 0.889. The van der Waals surface area contributed by atoms with E-state index in [2.05, 4.69) is 10.2 Å². The number of piperazine rings is 1. The molecule has 0 radical (unpaired) electrons. The molecule has 3 N–H and O–H groups in total. The first kappa shape index (κ1) is 11.4.